The van der Waals surface area contributed by atoms with E-state index in [4.69, 9.17) is 8.94 Å². The summed E-state index contributed by atoms with van der Waals surface area (Å²) in [4.78, 5) is 9.29. The highest BCUT2D eigenvalue weighted by molar-refractivity contribution is 5.04. The number of rotatable bonds is 5. The van der Waals surface area contributed by atoms with Crippen molar-refractivity contribution in [3.05, 3.63) is 23.5 Å². The molecule has 0 spiro atoms. The van der Waals surface area contributed by atoms with E-state index in [1.165, 1.54) is 12.8 Å². The van der Waals surface area contributed by atoms with Gasteiger partial charge in [-0.05, 0) is 19.8 Å². The molecule has 1 aliphatic heterocycles. The Kier molecular flexibility index (Phi) is 3.86. The van der Waals surface area contributed by atoms with Crippen LogP contribution in [0.1, 0.15) is 55.2 Å². The van der Waals surface area contributed by atoms with Gasteiger partial charge in [-0.2, -0.15) is 4.98 Å². The van der Waals surface area contributed by atoms with Gasteiger partial charge in [-0.15, -0.1) is 10.2 Å². The molecule has 3 heterocycles. The summed E-state index contributed by atoms with van der Waals surface area (Å²) >= 11 is 0. The van der Waals surface area contributed by atoms with Crippen LogP contribution in [-0.2, 0) is 6.54 Å². The molecular weight excluding hydrogens is 296 g/mol. The molecule has 1 saturated carbocycles. The summed E-state index contributed by atoms with van der Waals surface area (Å²) in [5.74, 6) is 3.48. The van der Waals surface area contributed by atoms with E-state index in [-0.39, 0.29) is 6.04 Å². The Bertz CT molecular complexity index is 656. The van der Waals surface area contributed by atoms with Crippen LogP contribution in [0.2, 0.25) is 0 Å². The van der Waals surface area contributed by atoms with Crippen molar-refractivity contribution in [3.8, 4) is 0 Å². The summed E-state index contributed by atoms with van der Waals surface area (Å²) in [5.41, 5.74) is 0. The topological polar surface area (TPSA) is 84.3 Å². The molecule has 4 rings (SSSR count). The van der Waals surface area contributed by atoms with Gasteiger partial charge >= 0.3 is 0 Å². The first-order valence-electron chi connectivity index (χ1n) is 8.28. The number of aromatic nitrogens is 4. The first-order valence-corrected chi connectivity index (χ1v) is 8.28. The summed E-state index contributed by atoms with van der Waals surface area (Å²) in [6.07, 6.45) is 2.39. The lowest BCUT2D eigenvalue weighted by molar-refractivity contribution is 0.0796. The number of piperazine rings is 1. The standard InChI is InChI=1S/C15H22N6O2/c1-10(15-16-14(19-23-15)12-3-4-12)21-7-5-20(6-8-21)9-13-18-17-11(2)22-13/h10,12H,3-9H2,1-2H3/t10-/m1/s1. The predicted octanol–water partition coefficient (Wildman–Crippen LogP) is 1.52. The van der Waals surface area contributed by atoms with Crippen LogP contribution in [0, 0.1) is 6.92 Å². The summed E-state index contributed by atoms with van der Waals surface area (Å²) in [6, 6.07) is 0.169. The van der Waals surface area contributed by atoms with Crippen molar-refractivity contribution < 1.29 is 8.94 Å². The molecule has 0 aromatic carbocycles. The van der Waals surface area contributed by atoms with Crippen LogP contribution in [0.25, 0.3) is 0 Å². The Balaban J connectivity index is 1.31. The van der Waals surface area contributed by atoms with Crippen LogP contribution < -0.4 is 0 Å². The van der Waals surface area contributed by atoms with Crippen LogP contribution >= 0.6 is 0 Å². The molecule has 8 heteroatoms. The average Bonchev–Trinajstić information content (AvgIpc) is 3.15. The molecule has 2 aromatic rings. The molecular formula is C15H22N6O2. The number of hydrogen-bond acceptors (Lipinski definition) is 8. The molecule has 8 nitrogen and oxygen atoms in total. The van der Waals surface area contributed by atoms with Crippen LogP contribution in [-0.4, -0.2) is 56.3 Å². The first kappa shape index (κ1) is 14.8. The van der Waals surface area contributed by atoms with Gasteiger partial charge in [0.2, 0.25) is 17.7 Å². The molecule has 0 N–H and O–H groups in total. The van der Waals surface area contributed by atoms with Gasteiger partial charge < -0.3 is 8.94 Å². The van der Waals surface area contributed by atoms with E-state index in [2.05, 4.69) is 37.1 Å². The molecule has 2 aromatic heterocycles. The average molecular weight is 318 g/mol. The molecule has 23 heavy (non-hydrogen) atoms. The second-order valence-corrected chi connectivity index (χ2v) is 6.47. The van der Waals surface area contributed by atoms with E-state index in [1.54, 1.807) is 0 Å². The van der Waals surface area contributed by atoms with Gasteiger partial charge in [-0.3, -0.25) is 9.80 Å². The maximum atomic E-state index is 5.46. The Morgan fingerprint density at radius 2 is 1.96 bits per heavy atom. The van der Waals surface area contributed by atoms with E-state index in [0.717, 1.165) is 44.4 Å². The van der Waals surface area contributed by atoms with Crippen molar-refractivity contribution in [1.29, 1.82) is 0 Å². The van der Waals surface area contributed by atoms with Crippen molar-refractivity contribution in [2.24, 2.45) is 0 Å². The van der Waals surface area contributed by atoms with Crippen LogP contribution in [0.3, 0.4) is 0 Å². The molecule has 1 atom stereocenters. The van der Waals surface area contributed by atoms with Crippen LogP contribution in [0.4, 0.5) is 0 Å². The second kappa shape index (κ2) is 6.01. The van der Waals surface area contributed by atoms with E-state index in [9.17, 15) is 0 Å². The predicted molar refractivity (Wildman–Crippen MR) is 80.6 cm³/mol. The van der Waals surface area contributed by atoms with Gasteiger partial charge in [-0.1, -0.05) is 5.16 Å². The molecule has 0 amide bonds. The fourth-order valence-electron chi connectivity index (χ4n) is 2.98. The van der Waals surface area contributed by atoms with Gasteiger partial charge in [0, 0.05) is 39.0 Å². The lowest BCUT2D eigenvalue weighted by Crippen LogP contribution is -2.46. The molecule has 2 aliphatic rings. The van der Waals surface area contributed by atoms with Crippen LogP contribution in [0.5, 0.6) is 0 Å². The number of nitrogens with zero attached hydrogens (tertiary/aromatic N) is 6. The smallest absolute Gasteiger partial charge is 0.243 e. The van der Waals surface area contributed by atoms with Gasteiger partial charge in [-0.25, -0.2) is 0 Å². The Morgan fingerprint density at radius 3 is 2.61 bits per heavy atom. The van der Waals surface area contributed by atoms with Crippen molar-refractivity contribution in [2.45, 2.75) is 45.2 Å². The van der Waals surface area contributed by atoms with Crippen molar-refractivity contribution in [1.82, 2.24) is 30.1 Å². The van der Waals surface area contributed by atoms with Crippen molar-refractivity contribution >= 4 is 0 Å². The Hall–Kier alpha value is -1.80. The molecule has 0 bridgehead atoms. The summed E-state index contributed by atoms with van der Waals surface area (Å²) in [6.45, 7) is 8.54. The second-order valence-electron chi connectivity index (χ2n) is 6.47. The van der Waals surface area contributed by atoms with Gasteiger partial charge in [0.1, 0.15) is 0 Å². The fourth-order valence-corrected chi connectivity index (χ4v) is 2.98. The zero-order valence-electron chi connectivity index (χ0n) is 13.6. The van der Waals surface area contributed by atoms with E-state index in [1.807, 2.05) is 6.92 Å². The highest BCUT2D eigenvalue weighted by atomic mass is 16.5. The lowest BCUT2D eigenvalue weighted by atomic mass is 10.2. The largest absolute Gasteiger partial charge is 0.424 e. The third kappa shape index (κ3) is 3.28. The SMILES string of the molecule is Cc1nnc(CN2CCN([C@H](C)c3nc(C4CC4)no3)CC2)o1. The Labute approximate surface area is 134 Å². The minimum absolute atomic E-state index is 0.169. The first-order chi connectivity index (χ1) is 11.2. The zero-order valence-corrected chi connectivity index (χ0v) is 13.6. The maximum absolute atomic E-state index is 5.46. The Morgan fingerprint density at radius 1 is 1.17 bits per heavy atom. The molecule has 1 saturated heterocycles. The summed E-state index contributed by atoms with van der Waals surface area (Å²) in [7, 11) is 0. The lowest BCUT2D eigenvalue weighted by Gasteiger charge is -2.36. The van der Waals surface area contributed by atoms with Crippen molar-refractivity contribution in [3.63, 3.8) is 0 Å². The maximum Gasteiger partial charge on any atom is 0.243 e. The zero-order chi connectivity index (χ0) is 15.8. The highest BCUT2D eigenvalue weighted by Gasteiger charge is 2.31. The third-order valence-corrected chi connectivity index (χ3v) is 4.64. The highest BCUT2D eigenvalue weighted by Crippen LogP contribution is 2.38. The third-order valence-electron chi connectivity index (χ3n) is 4.64. The quantitative estimate of drug-likeness (QED) is 0.820. The molecule has 1 aliphatic carbocycles. The van der Waals surface area contributed by atoms with Crippen LogP contribution in [0.15, 0.2) is 8.94 Å². The van der Waals surface area contributed by atoms with Gasteiger partial charge in [0.15, 0.2) is 5.82 Å². The monoisotopic (exact) mass is 318 g/mol. The van der Waals surface area contributed by atoms with E-state index in [0.29, 0.717) is 17.7 Å². The number of aryl methyl sites for hydroxylation is 1. The molecule has 0 radical (unpaired) electrons. The minimum Gasteiger partial charge on any atom is -0.424 e. The molecule has 2 fully saturated rings. The molecule has 124 valence electrons. The van der Waals surface area contributed by atoms with Crippen molar-refractivity contribution in [2.75, 3.05) is 26.2 Å². The summed E-state index contributed by atoms with van der Waals surface area (Å²) < 4.78 is 10.9. The molecule has 0 unspecified atom stereocenters. The van der Waals surface area contributed by atoms with E-state index < -0.39 is 0 Å². The number of hydrogen-bond donors (Lipinski definition) is 0. The normalized spacial score (nSPS) is 21.7. The van der Waals surface area contributed by atoms with E-state index >= 15 is 0 Å². The van der Waals surface area contributed by atoms with Gasteiger partial charge in [0.25, 0.3) is 0 Å². The summed E-state index contributed by atoms with van der Waals surface area (Å²) in [5, 5.41) is 12.1. The van der Waals surface area contributed by atoms with Gasteiger partial charge in [0.05, 0.1) is 12.6 Å². The minimum atomic E-state index is 0.169. The fraction of sp³-hybridized carbons (Fsp3) is 0.733.